The number of unbranched alkanes of at least 4 members (excludes halogenated alkanes) is 8. The minimum Gasteiger partial charge on any atom is -0.481 e. The van der Waals surface area contributed by atoms with E-state index in [2.05, 4.69) is 167 Å². The molecule has 5 amide bonds. The molecule has 9 saturated carbocycles. The number of amides is 5. The zero-order valence-corrected chi connectivity index (χ0v) is 96.8. The topological polar surface area (TPSA) is 281 Å². The summed E-state index contributed by atoms with van der Waals surface area (Å²) in [6.45, 7) is 49.7. The molecule has 3 heterocycles. The molecular formula is C126H213N7O15. The Labute approximate surface area is 897 Å². The summed E-state index contributed by atoms with van der Waals surface area (Å²) >= 11 is 0. The number of nitrogens with zero attached hydrogens (tertiary/aromatic N) is 3. The first-order valence-corrected chi connectivity index (χ1v) is 61.7. The van der Waals surface area contributed by atoms with Crippen molar-refractivity contribution in [3.63, 3.8) is 0 Å². The molecule has 0 radical (unpaired) electrons. The van der Waals surface area contributed by atoms with Gasteiger partial charge in [0, 0.05) is 109 Å². The summed E-state index contributed by atoms with van der Waals surface area (Å²) in [6, 6.07) is 0.857. The largest absolute Gasteiger partial charge is 0.481 e. The van der Waals surface area contributed by atoms with Gasteiger partial charge in [-0.3, -0.25) is 33.8 Å². The van der Waals surface area contributed by atoms with Gasteiger partial charge in [0.25, 0.3) is 0 Å². The molecule has 0 bridgehead atoms. The Bertz CT molecular complexity index is 4360. The van der Waals surface area contributed by atoms with Crippen LogP contribution in [0.15, 0.2) is 34.9 Å². The van der Waals surface area contributed by atoms with E-state index in [1.54, 1.807) is 23.8 Å². The van der Waals surface area contributed by atoms with Crippen molar-refractivity contribution in [1.29, 1.82) is 0 Å². The number of carbonyl (C=O) groups excluding carboxylic acids is 7. The molecule has 15 rings (SSSR count). The van der Waals surface area contributed by atoms with E-state index in [-0.39, 0.29) is 121 Å². The number of esters is 2. The summed E-state index contributed by atoms with van der Waals surface area (Å²) in [5.41, 5.74) is 7.07. The van der Waals surface area contributed by atoms with E-state index in [9.17, 15) is 43.5 Å². The predicted molar refractivity (Wildman–Crippen MR) is 592 cm³/mol. The van der Waals surface area contributed by atoms with E-state index >= 15 is 0 Å². The van der Waals surface area contributed by atoms with Crippen LogP contribution in [0.2, 0.25) is 0 Å². The molecule has 3 saturated heterocycles. The lowest BCUT2D eigenvalue weighted by Gasteiger charge is -2.58. The van der Waals surface area contributed by atoms with Gasteiger partial charge in [-0.2, -0.15) is 0 Å². The normalized spacial score (nSPS) is 36.1. The summed E-state index contributed by atoms with van der Waals surface area (Å²) in [4.78, 5) is 103. The van der Waals surface area contributed by atoms with Crippen molar-refractivity contribution in [3.8, 4) is 0 Å². The molecule has 9 unspecified atom stereocenters. The first-order valence-electron chi connectivity index (χ1n) is 61.7. The number of carbonyl (C=O) groups is 8. The Morgan fingerprint density at radius 2 is 0.709 bits per heavy atom. The number of β-amino-alcohol motifs (C(OH)–C–C–N with tert-alkyl or cyclic N) is 1. The fraction of sp³-hybridized carbons (Fsp3) is 0.889. The van der Waals surface area contributed by atoms with Gasteiger partial charge in [-0.1, -0.05) is 229 Å². The van der Waals surface area contributed by atoms with Gasteiger partial charge in [0.2, 0.25) is 11.8 Å². The van der Waals surface area contributed by atoms with E-state index in [4.69, 9.17) is 28.8 Å². The van der Waals surface area contributed by atoms with Crippen molar-refractivity contribution in [1.82, 2.24) is 36.0 Å². The number of hydrogen-bond donors (Lipinski definition) is 6. The molecule has 3 aliphatic heterocycles. The van der Waals surface area contributed by atoms with Gasteiger partial charge in [0.05, 0.1) is 25.4 Å². The number of aliphatic carboxylic acids is 1. The molecule has 148 heavy (non-hydrogen) atoms. The Morgan fingerprint density at radius 1 is 0.365 bits per heavy atom. The van der Waals surface area contributed by atoms with Crippen LogP contribution in [0.25, 0.3) is 0 Å². The Balaban J connectivity index is 0.000000186. The number of hydrogen-bond acceptors (Lipinski definition) is 16. The van der Waals surface area contributed by atoms with Crippen LogP contribution < -0.4 is 21.3 Å². The molecule has 0 aromatic carbocycles. The van der Waals surface area contributed by atoms with Crippen molar-refractivity contribution in [2.45, 2.75) is 513 Å². The molecule has 30 atom stereocenters. The van der Waals surface area contributed by atoms with Crippen LogP contribution in [0, 0.1) is 139 Å². The maximum absolute atomic E-state index is 12.8. The number of allylic oxidation sites excluding steroid dienone is 3. The zero-order chi connectivity index (χ0) is 107. The molecule has 12 aliphatic carbocycles. The molecule has 15 aliphatic rings. The number of nitrogens with one attached hydrogen (secondary N) is 4. The summed E-state index contributed by atoms with van der Waals surface area (Å²) < 4.78 is 29.1. The van der Waals surface area contributed by atoms with Crippen molar-refractivity contribution in [2.24, 2.45) is 139 Å². The van der Waals surface area contributed by atoms with E-state index in [1.165, 1.54) is 154 Å². The third-order valence-corrected chi connectivity index (χ3v) is 43.4. The fourth-order valence-electron chi connectivity index (χ4n) is 35.0. The van der Waals surface area contributed by atoms with Gasteiger partial charge in [-0.25, -0.2) is 14.4 Å². The van der Waals surface area contributed by atoms with Crippen LogP contribution in [0.5, 0.6) is 0 Å². The number of aliphatic hydroxyl groups is 1. The second-order valence-corrected chi connectivity index (χ2v) is 54.3. The van der Waals surface area contributed by atoms with E-state index in [0.717, 1.165) is 267 Å². The minimum absolute atomic E-state index is 0.00586. The number of rotatable bonds is 46. The number of alkyl carbamates (subject to hydrolysis) is 3. The molecule has 0 spiro atoms. The van der Waals surface area contributed by atoms with E-state index < -0.39 is 11.9 Å². The van der Waals surface area contributed by atoms with Crippen LogP contribution >= 0.6 is 0 Å². The zero-order valence-electron chi connectivity index (χ0n) is 96.8. The van der Waals surface area contributed by atoms with E-state index in [0.29, 0.717) is 73.9 Å². The van der Waals surface area contributed by atoms with Crippen molar-refractivity contribution in [3.05, 3.63) is 34.9 Å². The maximum atomic E-state index is 12.8. The smallest absolute Gasteiger partial charge is 0.407 e. The third kappa shape index (κ3) is 30.4. The van der Waals surface area contributed by atoms with Gasteiger partial charge in [0.1, 0.15) is 30.5 Å². The molecule has 22 heteroatoms. The number of carboxylic acid groups (broad SMARTS) is 1. The third-order valence-electron chi connectivity index (χ3n) is 43.4. The molecule has 842 valence electrons. The summed E-state index contributed by atoms with van der Waals surface area (Å²) in [7, 11) is 1.57. The summed E-state index contributed by atoms with van der Waals surface area (Å²) in [6.07, 6.45) is 62.2. The quantitative estimate of drug-likeness (QED) is 0.0143. The lowest BCUT2D eigenvalue weighted by Crippen LogP contribution is -2.51. The standard InChI is InChI=1S/C44H75N3O5.C43H72N2O6.C39H66N2O4/c1-30(2)13-12-14-31(3)37-17-18-38-36-16-15-33-28-34(21-23-43(33,5)39(36)22-24-44(37,38)6)52-42(50)46-25-10-8-9-11-26-47-29-35(27-32(47)4)51-41(49)20-19-40(48)45-7;1-29(2)12-11-13-30(3)36-16-17-37-35-15-14-32-27-33(20-22-42(32,5)38(35)21-23-43(36,37)6)51-41(49)44-24-9-7-8-10-25-45-28-34(26-31(45)4)50-40(48)19-18-39(46)47;1-26(2)11-10-12-27(3)33-16-17-34-32-15-14-29-24-31(18-20-38(29,5)35(32)19-21-39(33,34)6)45-37(44)40-22-9-7-8-13-36(43)41-25-30(42)23-28(41)4/h15,30-32,34-39H,8-14,16-29H2,1-7H3,(H,45,48)(H,46,50);14,29-31,33-38H,7-13,15-28H2,1-6H3,(H,44,49)(H,46,47);14,26-28,30-35,42H,7-13,15-25H2,1-6H3,(H,40,44)/t31-,32-,34+,35-,36?,37-,38?,39?,43+,44-;30-,31-,33+,34-,35?,36-,37?,38?,42+,43-;27-,28-,30-,31+,32?,33-,34?,35?,38+,39-/m111/s1. The molecule has 12 fully saturated rings. The van der Waals surface area contributed by atoms with Gasteiger partial charge in [-0.05, 0) is 353 Å². The van der Waals surface area contributed by atoms with Crippen LogP contribution in [0.1, 0.15) is 459 Å². The highest BCUT2D eigenvalue weighted by atomic mass is 16.6. The number of likely N-dealkylation sites (tertiary alicyclic amines) is 3. The average Bonchev–Trinajstić information content (AvgIpc) is 1.19. The maximum Gasteiger partial charge on any atom is 0.407 e. The van der Waals surface area contributed by atoms with Gasteiger partial charge >= 0.3 is 36.2 Å². The highest BCUT2D eigenvalue weighted by Crippen LogP contribution is 2.72. The van der Waals surface area contributed by atoms with Crippen LogP contribution in [0.3, 0.4) is 0 Å². The summed E-state index contributed by atoms with van der Waals surface area (Å²) in [5, 5.41) is 30.1. The Morgan fingerprint density at radius 3 is 1.04 bits per heavy atom. The first kappa shape index (κ1) is 119. The Hall–Kier alpha value is -5.74. The van der Waals surface area contributed by atoms with Gasteiger partial charge in [-0.15, -0.1) is 0 Å². The van der Waals surface area contributed by atoms with Crippen LogP contribution in [-0.4, -0.2) is 187 Å². The van der Waals surface area contributed by atoms with Crippen molar-refractivity contribution >= 4 is 48.0 Å². The molecular weight excluding hydrogens is 1850 g/mol. The Kier molecular flexibility index (Phi) is 44.1. The molecule has 0 aromatic rings. The molecule has 0 aromatic heterocycles. The fourth-order valence-corrected chi connectivity index (χ4v) is 35.0. The minimum atomic E-state index is -0.979. The van der Waals surface area contributed by atoms with Crippen LogP contribution in [-0.2, 0) is 47.7 Å². The van der Waals surface area contributed by atoms with Crippen molar-refractivity contribution in [2.75, 3.05) is 59.4 Å². The lowest BCUT2D eigenvalue weighted by molar-refractivity contribution is -0.151. The molecule has 22 nitrogen and oxygen atoms in total. The second-order valence-electron chi connectivity index (χ2n) is 54.3. The van der Waals surface area contributed by atoms with Crippen LogP contribution in [0.4, 0.5) is 14.4 Å². The number of ether oxygens (including phenoxy) is 5. The monoisotopic (exact) mass is 2060 g/mol. The average molecular weight is 2070 g/mol. The summed E-state index contributed by atoms with van der Waals surface area (Å²) in [5.74, 6) is 13.4. The van der Waals surface area contributed by atoms with Crippen molar-refractivity contribution < 1.29 is 72.3 Å². The lowest BCUT2D eigenvalue weighted by atomic mass is 9.47. The number of fused-ring (bicyclic) bond motifs is 15. The van der Waals surface area contributed by atoms with E-state index in [1.807, 2.05) is 11.8 Å². The highest BCUT2D eigenvalue weighted by molar-refractivity contribution is 5.81. The molecule has 6 N–H and O–H groups in total. The number of carboxylic acids is 1. The number of aliphatic hydroxyl groups excluding tert-OH is 1. The SMILES string of the molecule is CC(C)CCC[C@@H](C)[C@H]1CCC2C3CC=C4C[C@@H](OC(=O)NCCCCCC(=O)N5C[C@H](O)C[C@H]5C)CC[C@]4(C)C3CC[C@@]21C.CC(C)CCC[C@@H](C)[C@H]1CCC2C3CC=C4C[C@@H](OC(=O)NCCCCCCN5C[C@H](OC(=O)CCC(=O)O)C[C@H]5C)CC[C@]4(C)C3CC[C@@]21C.CNC(=O)CCC(=O)O[C@@H]1C[C@@H](C)N(CCCCCCNC(=O)O[C@H]2CC[C@@]3(C)C(=CCC4C3CC[C@@]3(C)C4CC[C@@H]3[C@H](C)CCCC(C)C)C2)C1. The highest BCUT2D eigenvalue weighted by Gasteiger charge is 2.64. The second kappa shape index (κ2) is 54.8. The predicted octanol–water partition coefficient (Wildman–Crippen LogP) is 27.4. The first-order chi connectivity index (χ1) is 70.5. The van der Waals surface area contributed by atoms with Gasteiger partial charge in [0.15, 0.2) is 0 Å². The van der Waals surface area contributed by atoms with Gasteiger partial charge < -0.3 is 60.1 Å².